The molecule has 1 fully saturated rings. The molecule has 1 heterocycles. The van der Waals surface area contributed by atoms with Crippen LogP contribution in [0.1, 0.15) is 11.1 Å². The average Bonchev–Trinajstić information content (AvgIpc) is 2.77. The van der Waals surface area contributed by atoms with E-state index in [-0.39, 0.29) is 17.4 Å². The Kier molecular flexibility index (Phi) is 4.93. The van der Waals surface area contributed by atoms with Crippen LogP contribution in [-0.2, 0) is 11.2 Å². The van der Waals surface area contributed by atoms with Crippen LogP contribution in [0.4, 0.5) is 0 Å². The molecule has 0 bridgehead atoms. The second kappa shape index (κ2) is 7.13. The van der Waals surface area contributed by atoms with Crippen LogP contribution >= 0.6 is 0 Å². The van der Waals surface area contributed by atoms with Gasteiger partial charge in [0.1, 0.15) is 0 Å². The second-order valence-electron chi connectivity index (χ2n) is 5.85. The van der Waals surface area contributed by atoms with Gasteiger partial charge in [-0.05, 0) is 0 Å². The van der Waals surface area contributed by atoms with Gasteiger partial charge < -0.3 is 0 Å². The van der Waals surface area contributed by atoms with Gasteiger partial charge in [0.2, 0.25) is 0 Å². The summed E-state index contributed by atoms with van der Waals surface area (Å²) < 4.78 is 0.733. The SMILES string of the molecule is CN1C(=[Se])N(CCc2ccccc2)C(=O)/C1=C\c1cc(O)cc(O)c1. The molecule has 1 saturated heterocycles. The molecule has 0 aliphatic carbocycles. The molecular weight excluding hydrogens is 383 g/mol. The molecular formula is C19H18N2O3Se. The number of phenolic OH excluding ortho intramolecular Hbond substituents is 2. The fraction of sp³-hybridized carbons (Fsp3) is 0.158. The zero-order chi connectivity index (χ0) is 18.0. The molecule has 1 aliphatic rings. The number of aromatic hydroxyl groups is 2. The minimum atomic E-state index is -0.116. The van der Waals surface area contributed by atoms with Crippen LogP contribution in [0.5, 0.6) is 11.5 Å². The molecule has 6 heteroatoms. The Bertz CT molecular complexity index is 829. The number of carbonyl (C=O) groups is 1. The van der Waals surface area contributed by atoms with Gasteiger partial charge in [0.15, 0.2) is 0 Å². The van der Waals surface area contributed by atoms with Crippen LogP contribution in [-0.4, -0.2) is 59.8 Å². The number of amides is 1. The number of hydrogen-bond acceptors (Lipinski definition) is 4. The first kappa shape index (κ1) is 17.3. The summed E-state index contributed by atoms with van der Waals surface area (Å²) in [4.78, 5) is 16.2. The summed E-state index contributed by atoms with van der Waals surface area (Å²) in [6, 6.07) is 14.3. The maximum absolute atomic E-state index is 12.8. The van der Waals surface area contributed by atoms with Crippen molar-refractivity contribution in [1.29, 1.82) is 0 Å². The summed E-state index contributed by atoms with van der Waals surface area (Å²) in [5, 5.41) is 19.2. The van der Waals surface area contributed by atoms with Gasteiger partial charge in [0, 0.05) is 0 Å². The van der Waals surface area contributed by atoms with Crippen molar-refractivity contribution in [3.05, 3.63) is 65.4 Å². The van der Waals surface area contributed by atoms with Crippen LogP contribution in [0, 0.1) is 0 Å². The van der Waals surface area contributed by atoms with E-state index in [2.05, 4.69) is 15.6 Å². The molecule has 5 nitrogen and oxygen atoms in total. The molecule has 1 amide bonds. The summed E-state index contributed by atoms with van der Waals surface area (Å²) in [7, 11) is 1.81. The fourth-order valence-electron chi connectivity index (χ4n) is 2.75. The van der Waals surface area contributed by atoms with Gasteiger partial charge in [-0.25, -0.2) is 0 Å². The predicted molar refractivity (Wildman–Crippen MR) is 98.1 cm³/mol. The molecule has 128 valence electrons. The quantitative estimate of drug-likeness (QED) is 0.605. The first-order chi connectivity index (χ1) is 12.0. The predicted octanol–water partition coefficient (Wildman–Crippen LogP) is 1.71. The zero-order valence-corrected chi connectivity index (χ0v) is 15.4. The maximum atomic E-state index is 12.8. The van der Waals surface area contributed by atoms with Crippen LogP contribution in [0.2, 0.25) is 0 Å². The van der Waals surface area contributed by atoms with E-state index in [9.17, 15) is 15.0 Å². The van der Waals surface area contributed by atoms with Crippen LogP contribution in [0.15, 0.2) is 54.2 Å². The van der Waals surface area contributed by atoms with Gasteiger partial charge in [-0.2, -0.15) is 0 Å². The van der Waals surface area contributed by atoms with Crippen molar-refractivity contribution in [2.45, 2.75) is 6.42 Å². The number of hydrogen-bond donors (Lipinski definition) is 2. The normalized spacial score (nSPS) is 16.1. The number of carbonyl (C=O) groups excluding carboxylic acids is 1. The third kappa shape index (κ3) is 3.76. The van der Waals surface area contributed by atoms with Gasteiger partial charge in [0.25, 0.3) is 0 Å². The molecule has 1 aliphatic heterocycles. The van der Waals surface area contributed by atoms with E-state index in [1.54, 1.807) is 22.9 Å². The van der Waals surface area contributed by atoms with Gasteiger partial charge in [-0.1, -0.05) is 0 Å². The van der Waals surface area contributed by atoms with Crippen LogP contribution < -0.4 is 0 Å². The number of phenols is 2. The standard InChI is InChI=1S/C19H18N2O3Se/c1-20-17(11-14-9-15(22)12-16(23)10-14)18(24)21(19(20)25)8-7-13-5-3-2-4-6-13/h2-6,9-12,22-23H,7-8H2,1H3/b17-11+. The first-order valence-corrected chi connectivity index (χ1v) is 8.69. The Morgan fingerprint density at radius 3 is 2.36 bits per heavy atom. The molecule has 0 spiro atoms. The Hall–Kier alpha value is -2.56. The molecule has 0 atom stereocenters. The average molecular weight is 401 g/mol. The summed E-state index contributed by atoms with van der Waals surface area (Å²) in [5.74, 6) is -0.212. The van der Waals surface area contributed by atoms with Gasteiger partial charge in [-0.15, -0.1) is 0 Å². The Morgan fingerprint density at radius 2 is 1.72 bits per heavy atom. The van der Waals surface area contributed by atoms with Crippen molar-refractivity contribution < 1.29 is 15.0 Å². The fourth-order valence-corrected chi connectivity index (χ4v) is 3.33. The summed E-state index contributed by atoms with van der Waals surface area (Å²) in [6.07, 6.45) is 2.41. The monoisotopic (exact) mass is 402 g/mol. The molecule has 3 rings (SSSR count). The number of nitrogens with zero attached hydrogens (tertiary/aromatic N) is 2. The van der Waals surface area contributed by atoms with Crippen molar-refractivity contribution in [2.75, 3.05) is 13.6 Å². The third-order valence-electron chi connectivity index (χ3n) is 4.04. The zero-order valence-electron chi connectivity index (χ0n) is 13.7. The summed E-state index contributed by atoms with van der Waals surface area (Å²) in [6.45, 7) is 0.568. The number of rotatable bonds is 4. The van der Waals surface area contributed by atoms with Crippen molar-refractivity contribution >= 4 is 32.2 Å². The van der Waals surface area contributed by atoms with Gasteiger partial charge >= 0.3 is 154 Å². The Labute approximate surface area is 154 Å². The van der Waals surface area contributed by atoms with Crippen molar-refractivity contribution in [1.82, 2.24) is 9.80 Å². The Morgan fingerprint density at radius 1 is 1.08 bits per heavy atom. The van der Waals surface area contributed by atoms with E-state index in [1.165, 1.54) is 23.8 Å². The summed E-state index contributed by atoms with van der Waals surface area (Å²) in [5.41, 5.74) is 2.21. The Balaban J connectivity index is 1.81. The van der Waals surface area contributed by atoms with E-state index in [0.29, 0.717) is 17.8 Å². The van der Waals surface area contributed by atoms with E-state index in [4.69, 9.17) is 0 Å². The van der Waals surface area contributed by atoms with Crippen molar-refractivity contribution in [2.24, 2.45) is 0 Å². The molecule has 25 heavy (non-hydrogen) atoms. The van der Waals surface area contributed by atoms with Crippen molar-refractivity contribution in [3.63, 3.8) is 0 Å². The van der Waals surface area contributed by atoms with E-state index < -0.39 is 0 Å². The molecule has 0 aromatic heterocycles. The van der Waals surface area contributed by atoms with E-state index >= 15 is 0 Å². The van der Waals surface area contributed by atoms with Crippen LogP contribution in [0.3, 0.4) is 0 Å². The molecule has 0 saturated carbocycles. The molecule has 0 unspecified atom stereocenters. The van der Waals surface area contributed by atoms with Crippen LogP contribution in [0.25, 0.3) is 6.08 Å². The van der Waals surface area contributed by atoms with E-state index in [0.717, 1.165) is 11.1 Å². The molecule has 2 aromatic carbocycles. The number of benzene rings is 2. The summed E-state index contributed by atoms with van der Waals surface area (Å²) >= 11 is 2.95. The second-order valence-corrected chi connectivity index (χ2v) is 6.61. The minimum absolute atomic E-state index is 0.0480. The van der Waals surface area contributed by atoms with Crippen molar-refractivity contribution in [3.8, 4) is 11.5 Å². The molecule has 0 radical (unpaired) electrons. The topological polar surface area (TPSA) is 64.0 Å². The number of likely N-dealkylation sites (N-methyl/N-ethyl adjacent to an activating group) is 1. The molecule has 2 N–H and O–H groups in total. The third-order valence-corrected chi connectivity index (χ3v) is 5.08. The van der Waals surface area contributed by atoms with Gasteiger partial charge in [0.05, 0.1) is 0 Å². The van der Waals surface area contributed by atoms with E-state index in [1.807, 2.05) is 30.3 Å². The first-order valence-electron chi connectivity index (χ1n) is 7.84. The molecule has 2 aromatic rings. The van der Waals surface area contributed by atoms with Gasteiger partial charge in [-0.3, -0.25) is 0 Å².